The van der Waals surface area contributed by atoms with Gasteiger partial charge in [0.05, 0.1) is 16.6 Å². The van der Waals surface area contributed by atoms with Crippen LogP contribution in [-0.2, 0) is 0 Å². The number of fused-ring (bicyclic) bond motifs is 1. The van der Waals surface area contributed by atoms with Crippen molar-refractivity contribution in [3.63, 3.8) is 0 Å². The number of nitrogens with zero attached hydrogens (tertiary/aromatic N) is 2. The number of rotatable bonds is 1. The predicted molar refractivity (Wildman–Crippen MR) is 138 cm³/mol. The van der Waals surface area contributed by atoms with Crippen molar-refractivity contribution in [2.75, 3.05) is 0 Å². The smallest absolute Gasteiger partial charge is 0.247 e. The number of imidazole rings is 1. The van der Waals surface area contributed by atoms with E-state index in [1.165, 1.54) is 77.0 Å². The van der Waals surface area contributed by atoms with E-state index in [-0.39, 0.29) is 6.71 Å². The summed E-state index contributed by atoms with van der Waals surface area (Å²) < 4.78 is 2.48. The Hall–Kier alpha value is -3.33. The first kappa shape index (κ1) is 18.3. The van der Waals surface area contributed by atoms with Crippen LogP contribution in [0.5, 0.6) is 0 Å². The Bertz CT molecular complexity index is 1770. The van der Waals surface area contributed by atoms with Crippen LogP contribution in [0.2, 0.25) is 0 Å². The zero-order chi connectivity index (χ0) is 22.0. The van der Waals surface area contributed by atoms with Crippen molar-refractivity contribution < 1.29 is 0 Å². The molecule has 7 rings (SSSR count). The van der Waals surface area contributed by atoms with Crippen LogP contribution < -0.4 is 16.4 Å². The lowest BCUT2D eigenvalue weighted by molar-refractivity contribution is 1.34. The third-order valence-corrected chi connectivity index (χ3v) is 8.08. The second kappa shape index (κ2) is 5.72. The van der Waals surface area contributed by atoms with E-state index >= 15 is 0 Å². The van der Waals surface area contributed by atoms with Gasteiger partial charge in [-0.15, -0.1) is 0 Å². The fourth-order valence-corrected chi connectivity index (χ4v) is 6.55. The topological polar surface area (TPSA) is 17.3 Å². The van der Waals surface area contributed by atoms with Gasteiger partial charge in [0, 0.05) is 10.8 Å². The highest BCUT2D eigenvalue weighted by Crippen LogP contribution is 2.39. The molecule has 0 aliphatic carbocycles. The van der Waals surface area contributed by atoms with Crippen LogP contribution in [0.25, 0.3) is 38.4 Å². The zero-order valence-corrected chi connectivity index (χ0v) is 19.5. The van der Waals surface area contributed by atoms with Crippen molar-refractivity contribution in [2.45, 2.75) is 41.5 Å². The molecule has 1 aliphatic rings. The summed E-state index contributed by atoms with van der Waals surface area (Å²) in [6.07, 6.45) is 0. The van der Waals surface area contributed by atoms with Gasteiger partial charge in [-0.1, -0.05) is 59.1 Å². The van der Waals surface area contributed by atoms with Crippen molar-refractivity contribution in [3.05, 3.63) is 75.8 Å². The third kappa shape index (κ3) is 1.92. The lowest BCUT2D eigenvalue weighted by atomic mass is 9.34. The fraction of sp³-hybridized carbons (Fsp3) is 0.207. The van der Waals surface area contributed by atoms with Crippen LogP contribution in [0.3, 0.4) is 0 Å². The van der Waals surface area contributed by atoms with Gasteiger partial charge in [0.25, 0.3) is 0 Å². The van der Waals surface area contributed by atoms with Crippen molar-refractivity contribution in [3.8, 4) is 0 Å². The van der Waals surface area contributed by atoms with E-state index in [0.717, 1.165) is 11.2 Å². The minimum absolute atomic E-state index is 0.222. The van der Waals surface area contributed by atoms with Crippen LogP contribution in [0.15, 0.2) is 42.5 Å². The van der Waals surface area contributed by atoms with E-state index in [0.29, 0.717) is 0 Å². The molecule has 1 aliphatic heterocycles. The molecular formula is C29H25BN2. The number of hydrogen-bond acceptors (Lipinski definition) is 1. The van der Waals surface area contributed by atoms with Gasteiger partial charge in [-0.25, -0.2) is 4.98 Å². The molecule has 0 saturated heterocycles. The molecule has 0 unspecified atom stereocenters. The summed E-state index contributed by atoms with van der Waals surface area (Å²) in [5.74, 6) is 0. The van der Waals surface area contributed by atoms with Crippen LogP contribution in [0.1, 0.15) is 33.4 Å². The van der Waals surface area contributed by atoms with E-state index in [4.69, 9.17) is 4.98 Å². The van der Waals surface area contributed by atoms with Gasteiger partial charge in [-0.05, 0) is 80.1 Å². The van der Waals surface area contributed by atoms with E-state index < -0.39 is 0 Å². The maximum Gasteiger partial charge on any atom is 0.247 e. The average Bonchev–Trinajstić information content (AvgIpc) is 3.28. The fourth-order valence-electron chi connectivity index (χ4n) is 6.55. The molecule has 32 heavy (non-hydrogen) atoms. The largest absolute Gasteiger partial charge is 0.293 e. The molecule has 0 fully saturated rings. The molecule has 0 spiro atoms. The van der Waals surface area contributed by atoms with Gasteiger partial charge in [-0.2, -0.15) is 0 Å². The molecule has 0 saturated carbocycles. The van der Waals surface area contributed by atoms with Gasteiger partial charge in [0.1, 0.15) is 5.65 Å². The molecule has 3 heteroatoms. The Morgan fingerprint density at radius 3 is 2.12 bits per heavy atom. The summed E-state index contributed by atoms with van der Waals surface area (Å²) in [4.78, 5) is 5.28. The minimum Gasteiger partial charge on any atom is -0.293 e. The summed E-state index contributed by atoms with van der Waals surface area (Å²) in [5, 5.41) is 4.07. The molecule has 6 aromatic rings. The Balaban J connectivity index is 1.83. The van der Waals surface area contributed by atoms with Crippen molar-refractivity contribution >= 4 is 61.5 Å². The van der Waals surface area contributed by atoms with Gasteiger partial charge in [0.15, 0.2) is 0 Å². The van der Waals surface area contributed by atoms with Gasteiger partial charge in [-0.3, -0.25) is 4.40 Å². The van der Waals surface area contributed by atoms with Crippen molar-refractivity contribution in [1.82, 2.24) is 9.38 Å². The standard InChI is InChI=1S/C29H25BN2/c1-14-10-11-20-24-23(14)18(5)13-21-27(24)32-28-22(12-17(4)19(6)26(28)31-29(20)32)30(21)25-15(2)8-7-9-16(25)3/h7-13H,1-6H3. The van der Waals surface area contributed by atoms with Crippen LogP contribution in [-0.4, -0.2) is 16.1 Å². The molecular weight excluding hydrogens is 387 g/mol. The molecule has 2 aromatic heterocycles. The highest BCUT2D eigenvalue weighted by atomic mass is 15.0. The summed E-state index contributed by atoms with van der Waals surface area (Å²) >= 11 is 0. The van der Waals surface area contributed by atoms with E-state index in [1.54, 1.807) is 0 Å². The van der Waals surface area contributed by atoms with Gasteiger partial charge in [0.2, 0.25) is 6.71 Å². The predicted octanol–water partition coefficient (Wildman–Crippen LogP) is 4.91. The van der Waals surface area contributed by atoms with Gasteiger partial charge >= 0.3 is 0 Å². The lowest BCUT2D eigenvalue weighted by Crippen LogP contribution is -2.56. The number of hydrogen-bond donors (Lipinski definition) is 0. The highest BCUT2D eigenvalue weighted by molar-refractivity contribution is 6.99. The van der Waals surface area contributed by atoms with Crippen molar-refractivity contribution in [1.29, 1.82) is 0 Å². The molecule has 4 aromatic carbocycles. The van der Waals surface area contributed by atoms with Crippen molar-refractivity contribution in [2.24, 2.45) is 0 Å². The first-order valence-electron chi connectivity index (χ1n) is 11.5. The Morgan fingerprint density at radius 2 is 1.38 bits per heavy atom. The highest BCUT2D eigenvalue weighted by Gasteiger charge is 2.37. The summed E-state index contributed by atoms with van der Waals surface area (Å²) in [6, 6.07) is 16.2. The maximum absolute atomic E-state index is 5.28. The quantitative estimate of drug-likeness (QED) is 0.350. The Kier molecular flexibility index (Phi) is 3.26. The number of aromatic nitrogens is 2. The zero-order valence-electron chi connectivity index (χ0n) is 19.5. The number of aryl methyl sites for hydroxylation is 6. The van der Waals surface area contributed by atoms with Gasteiger partial charge < -0.3 is 0 Å². The second-order valence-corrected chi connectivity index (χ2v) is 9.93. The molecule has 154 valence electrons. The molecule has 0 atom stereocenters. The number of benzene rings is 4. The van der Waals surface area contributed by atoms with E-state index in [2.05, 4.69) is 88.4 Å². The minimum atomic E-state index is 0.222. The normalized spacial score (nSPS) is 13.2. The summed E-state index contributed by atoms with van der Waals surface area (Å²) in [7, 11) is 0. The first-order valence-corrected chi connectivity index (χ1v) is 11.5. The van der Waals surface area contributed by atoms with E-state index in [9.17, 15) is 0 Å². The van der Waals surface area contributed by atoms with Crippen LogP contribution in [0.4, 0.5) is 0 Å². The maximum atomic E-state index is 5.28. The Labute approximate surface area is 188 Å². The first-order chi connectivity index (χ1) is 15.4. The lowest BCUT2D eigenvalue weighted by Gasteiger charge is -2.27. The SMILES string of the molecule is Cc1cccc(C)c1B1c2cc(C)c(C)c3nc4c5ccc(C)c6c(C)cc1c(c65)n4c23. The second-order valence-electron chi connectivity index (χ2n) is 9.93. The van der Waals surface area contributed by atoms with E-state index in [1.807, 2.05) is 0 Å². The average molecular weight is 412 g/mol. The molecule has 0 radical (unpaired) electrons. The van der Waals surface area contributed by atoms with Crippen LogP contribution in [0, 0.1) is 41.5 Å². The third-order valence-electron chi connectivity index (χ3n) is 8.08. The Morgan fingerprint density at radius 1 is 0.688 bits per heavy atom. The summed E-state index contributed by atoms with van der Waals surface area (Å²) in [5.41, 5.74) is 17.3. The van der Waals surface area contributed by atoms with Crippen LogP contribution >= 0.6 is 0 Å². The molecule has 0 amide bonds. The molecule has 0 bridgehead atoms. The molecule has 2 nitrogen and oxygen atoms in total. The monoisotopic (exact) mass is 412 g/mol. The molecule has 3 heterocycles. The molecule has 0 N–H and O–H groups in total. The summed E-state index contributed by atoms with van der Waals surface area (Å²) in [6.45, 7) is 13.7.